The first-order valence-electron chi connectivity index (χ1n) is 4.66. The molecule has 0 aliphatic carbocycles. The largest absolute Gasteiger partial charge is 0.495 e. The zero-order valence-corrected chi connectivity index (χ0v) is 10.3. The molecule has 5 N–H and O–H groups in total. The minimum absolute atomic E-state index is 0.221. The average molecular weight is 265 g/mol. The van der Waals surface area contributed by atoms with Gasteiger partial charge in [0.15, 0.2) is 0 Å². The van der Waals surface area contributed by atoms with Gasteiger partial charge in [-0.25, -0.2) is 0 Å². The fraction of sp³-hybridized carbons (Fsp3) is 0.400. The van der Waals surface area contributed by atoms with Crippen molar-refractivity contribution in [1.82, 2.24) is 0 Å². The molecule has 0 bridgehead atoms. The third-order valence-electron chi connectivity index (χ3n) is 2.30. The Balaban J connectivity index is 3.10. The SMILES string of the molecule is COc1cc(Cl)c(C(N)C(N)CO)cc1Cl. The molecule has 16 heavy (non-hydrogen) atoms. The first-order valence-corrected chi connectivity index (χ1v) is 5.41. The summed E-state index contributed by atoms with van der Waals surface area (Å²) in [6, 6.07) is 2.02. The number of methoxy groups -OCH3 is 1. The van der Waals surface area contributed by atoms with Crippen LogP contribution in [0, 0.1) is 0 Å². The maximum absolute atomic E-state index is 8.92. The number of aliphatic hydroxyl groups is 1. The number of ether oxygens (including phenoxy) is 1. The van der Waals surface area contributed by atoms with Crippen LogP contribution in [0.25, 0.3) is 0 Å². The van der Waals surface area contributed by atoms with Gasteiger partial charge in [0.1, 0.15) is 5.75 Å². The zero-order valence-electron chi connectivity index (χ0n) is 8.78. The lowest BCUT2D eigenvalue weighted by Crippen LogP contribution is -2.37. The predicted octanol–water partition coefficient (Wildman–Crippen LogP) is 1.32. The molecule has 0 aliphatic heterocycles. The Kier molecular flexibility index (Phi) is 4.83. The second-order valence-electron chi connectivity index (χ2n) is 3.38. The first-order chi connectivity index (χ1) is 7.51. The molecule has 6 heteroatoms. The Morgan fingerprint density at radius 3 is 2.44 bits per heavy atom. The van der Waals surface area contributed by atoms with Gasteiger partial charge < -0.3 is 21.3 Å². The zero-order chi connectivity index (χ0) is 12.3. The standard InChI is InChI=1S/C10H14Cl2N2O2/c1-16-9-3-6(11)5(2-7(9)12)10(14)8(13)4-15/h2-3,8,10,15H,4,13-14H2,1H3. The predicted molar refractivity (Wildman–Crippen MR) is 65.0 cm³/mol. The summed E-state index contributed by atoms with van der Waals surface area (Å²) in [5.41, 5.74) is 12.1. The summed E-state index contributed by atoms with van der Waals surface area (Å²) in [6.45, 7) is -0.221. The van der Waals surface area contributed by atoms with E-state index in [1.807, 2.05) is 0 Å². The molecule has 1 aromatic carbocycles. The average Bonchev–Trinajstić information content (AvgIpc) is 2.29. The summed E-state index contributed by atoms with van der Waals surface area (Å²) >= 11 is 12.0. The van der Waals surface area contributed by atoms with Crippen LogP contribution in [0.5, 0.6) is 5.75 Å². The number of hydrogen-bond donors (Lipinski definition) is 3. The van der Waals surface area contributed by atoms with Crippen molar-refractivity contribution < 1.29 is 9.84 Å². The highest BCUT2D eigenvalue weighted by Crippen LogP contribution is 2.33. The van der Waals surface area contributed by atoms with Crippen LogP contribution in [0.15, 0.2) is 12.1 Å². The van der Waals surface area contributed by atoms with Gasteiger partial charge in [0.25, 0.3) is 0 Å². The molecule has 0 fully saturated rings. The van der Waals surface area contributed by atoms with Gasteiger partial charge in [-0.1, -0.05) is 23.2 Å². The molecule has 0 saturated heterocycles. The summed E-state index contributed by atoms with van der Waals surface area (Å²) in [6.07, 6.45) is 0. The maximum atomic E-state index is 8.92. The molecule has 0 heterocycles. The summed E-state index contributed by atoms with van der Waals surface area (Å²) in [5.74, 6) is 0.472. The van der Waals surface area contributed by atoms with Crippen LogP contribution in [0.2, 0.25) is 10.0 Å². The lowest BCUT2D eigenvalue weighted by molar-refractivity contribution is 0.250. The van der Waals surface area contributed by atoms with Crippen molar-refractivity contribution in [2.24, 2.45) is 11.5 Å². The van der Waals surface area contributed by atoms with E-state index in [-0.39, 0.29) is 6.61 Å². The molecule has 0 spiro atoms. The van der Waals surface area contributed by atoms with Crippen molar-refractivity contribution in [3.05, 3.63) is 27.7 Å². The Morgan fingerprint density at radius 1 is 1.31 bits per heavy atom. The maximum Gasteiger partial charge on any atom is 0.138 e. The first kappa shape index (κ1) is 13.5. The van der Waals surface area contributed by atoms with Crippen LogP contribution >= 0.6 is 23.2 Å². The number of halogens is 2. The van der Waals surface area contributed by atoms with Crippen molar-refractivity contribution in [3.63, 3.8) is 0 Å². The molecule has 0 amide bonds. The van der Waals surface area contributed by atoms with Crippen LogP contribution in [0.3, 0.4) is 0 Å². The molecule has 0 radical (unpaired) electrons. The van der Waals surface area contributed by atoms with E-state index in [2.05, 4.69) is 0 Å². The Morgan fingerprint density at radius 2 is 1.94 bits per heavy atom. The highest BCUT2D eigenvalue weighted by atomic mass is 35.5. The molecule has 90 valence electrons. The lowest BCUT2D eigenvalue weighted by Gasteiger charge is -2.20. The van der Waals surface area contributed by atoms with Crippen LogP contribution < -0.4 is 16.2 Å². The van der Waals surface area contributed by atoms with Gasteiger partial charge in [0.2, 0.25) is 0 Å². The van der Waals surface area contributed by atoms with E-state index in [0.29, 0.717) is 21.4 Å². The third-order valence-corrected chi connectivity index (χ3v) is 2.93. The molecule has 2 atom stereocenters. The second kappa shape index (κ2) is 5.70. The van der Waals surface area contributed by atoms with Crippen molar-refractivity contribution in [3.8, 4) is 5.75 Å². The fourth-order valence-electron chi connectivity index (χ4n) is 1.30. The van der Waals surface area contributed by atoms with E-state index in [9.17, 15) is 0 Å². The Bertz CT molecular complexity index is 374. The van der Waals surface area contributed by atoms with E-state index in [4.69, 9.17) is 44.5 Å². The Labute approximate surface area is 104 Å². The van der Waals surface area contributed by atoms with Crippen molar-refractivity contribution >= 4 is 23.2 Å². The van der Waals surface area contributed by atoms with Crippen molar-refractivity contribution in [1.29, 1.82) is 0 Å². The highest BCUT2D eigenvalue weighted by Gasteiger charge is 2.19. The normalized spacial score (nSPS) is 14.6. The molecule has 0 saturated carbocycles. The monoisotopic (exact) mass is 264 g/mol. The quantitative estimate of drug-likeness (QED) is 0.766. The van der Waals surface area contributed by atoms with Crippen molar-refractivity contribution in [2.75, 3.05) is 13.7 Å². The van der Waals surface area contributed by atoms with Gasteiger partial charge in [-0.15, -0.1) is 0 Å². The summed E-state index contributed by atoms with van der Waals surface area (Å²) < 4.78 is 5.01. The minimum Gasteiger partial charge on any atom is -0.495 e. The lowest BCUT2D eigenvalue weighted by atomic mass is 10.0. The summed E-state index contributed by atoms with van der Waals surface area (Å²) in [5, 5.41) is 9.74. The van der Waals surface area contributed by atoms with Crippen LogP contribution in [-0.4, -0.2) is 24.9 Å². The number of aliphatic hydroxyl groups excluding tert-OH is 1. The molecular weight excluding hydrogens is 251 g/mol. The smallest absolute Gasteiger partial charge is 0.138 e. The minimum atomic E-state index is -0.582. The van der Waals surface area contributed by atoms with Crippen molar-refractivity contribution in [2.45, 2.75) is 12.1 Å². The van der Waals surface area contributed by atoms with Crippen LogP contribution in [-0.2, 0) is 0 Å². The highest BCUT2D eigenvalue weighted by molar-refractivity contribution is 6.34. The molecule has 1 rings (SSSR count). The fourth-order valence-corrected chi connectivity index (χ4v) is 1.83. The van der Waals surface area contributed by atoms with E-state index in [1.165, 1.54) is 7.11 Å². The number of rotatable bonds is 4. The molecular formula is C10H14Cl2N2O2. The van der Waals surface area contributed by atoms with E-state index in [1.54, 1.807) is 12.1 Å². The van der Waals surface area contributed by atoms with Gasteiger partial charge in [0.05, 0.1) is 18.7 Å². The van der Waals surface area contributed by atoms with Gasteiger partial charge in [-0.05, 0) is 11.6 Å². The van der Waals surface area contributed by atoms with Gasteiger partial charge in [0, 0.05) is 23.2 Å². The number of benzene rings is 1. The topological polar surface area (TPSA) is 81.5 Å². The summed E-state index contributed by atoms with van der Waals surface area (Å²) in [4.78, 5) is 0. The van der Waals surface area contributed by atoms with Gasteiger partial charge in [-0.3, -0.25) is 0 Å². The molecule has 0 aliphatic rings. The van der Waals surface area contributed by atoms with E-state index in [0.717, 1.165) is 0 Å². The van der Waals surface area contributed by atoms with E-state index >= 15 is 0 Å². The van der Waals surface area contributed by atoms with Crippen LogP contribution in [0.4, 0.5) is 0 Å². The van der Waals surface area contributed by atoms with Gasteiger partial charge in [-0.2, -0.15) is 0 Å². The number of hydrogen-bond acceptors (Lipinski definition) is 4. The third kappa shape index (κ3) is 2.78. The summed E-state index contributed by atoms with van der Waals surface area (Å²) in [7, 11) is 1.50. The second-order valence-corrected chi connectivity index (χ2v) is 4.19. The molecule has 4 nitrogen and oxygen atoms in total. The molecule has 0 aromatic heterocycles. The van der Waals surface area contributed by atoms with E-state index < -0.39 is 12.1 Å². The van der Waals surface area contributed by atoms with Gasteiger partial charge >= 0.3 is 0 Å². The van der Waals surface area contributed by atoms with Crippen LogP contribution in [0.1, 0.15) is 11.6 Å². The molecule has 2 unspecified atom stereocenters. The molecule has 1 aromatic rings. The Hall–Kier alpha value is -0.520. The number of nitrogens with two attached hydrogens (primary N) is 2.